The van der Waals surface area contributed by atoms with Crippen molar-refractivity contribution in [3.05, 3.63) is 119 Å². The number of carbonyl (C=O) groups excluding carboxylic acids is 6. The Morgan fingerprint density at radius 3 is 2.23 bits per heavy atom. The maximum Gasteiger partial charge on any atom is 0.333 e. The van der Waals surface area contributed by atoms with E-state index in [1.807, 2.05) is 6.07 Å². The molecular formula is C56H68N7O8+. The number of allylic oxidation sites excluding steroid dienone is 4. The molecule has 3 aliphatic heterocycles. The van der Waals surface area contributed by atoms with Crippen LogP contribution in [0.5, 0.6) is 5.75 Å². The number of hydrogen-bond donors (Lipinski definition) is 4. The third-order valence-electron chi connectivity index (χ3n) is 13.3. The molecule has 0 aromatic heterocycles. The summed E-state index contributed by atoms with van der Waals surface area (Å²) in [6, 6.07) is 24.0. The van der Waals surface area contributed by atoms with E-state index < -0.39 is 35.6 Å². The number of amides is 5. The summed E-state index contributed by atoms with van der Waals surface area (Å²) in [5.74, 6) is -3.01. The molecule has 0 bridgehead atoms. The van der Waals surface area contributed by atoms with Crippen LogP contribution in [-0.4, -0.2) is 88.2 Å². The number of phenols is 1. The normalized spacial score (nSPS) is 16.8. The molecule has 15 nitrogen and oxygen atoms in total. The number of phenolic OH excluding ortho intramolecular Hbond substituents is 1. The Labute approximate surface area is 417 Å². The minimum Gasteiger partial charge on any atom is -0.508 e. The van der Waals surface area contributed by atoms with Crippen LogP contribution in [0.4, 0.5) is 11.4 Å². The van der Waals surface area contributed by atoms with Crippen molar-refractivity contribution in [2.24, 2.45) is 0 Å². The van der Waals surface area contributed by atoms with Gasteiger partial charge >= 0.3 is 5.97 Å². The molecule has 0 aliphatic carbocycles. The predicted octanol–water partition coefficient (Wildman–Crippen LogP) is 7.86. The number of hydroxylamine groups is 2. The highest BCUT2D eigenvalue weighted by atomic mass is 16.7. The Balaban J connectivity index is 1.00. The zero-order valence-corrected chi connectivity index (χ0v) is 41.7. The molecule has 71 heavy (non-hydrogen) atoms. The highest BCUT2D eigenvalue weighted by Crippen LogP contribution is 2.48. The van der Waals surface area contributed by atoms with Gasteiger partial charge in [0.05, 0.1) is 5.41 Å². The van der Waals surface area contributed by atoms with E-state index in [0.29, 0.717) is 68.7 Å². The molecule has 0 radical (unpaired) electrons. The van der Waals surface area contributed by atoms with Gasteiger partial charge in [-0.05, 0) is 93.9 Å². The monoisotopic (exact) mass is 967 g/mol. The highest BCUT2D eigenvalue weighted by molar-refractivity contribution is 6.04. The maximum absolute atomic E-state index is 13.5. The lowest BCUT2D eigenvalue weighted by Gasteiger charge is -2.27. The van der Waals surface area contributed by atoms with Crippen LogP contribution in [-0.2, 0) is 44.4 Å². The number of aromatic hydroxyl groups is 1. The number of anilines is 1. The third-order valence-corrected chi connectivity index (χ3v) is 13.3. The summed E-state index contributed by atoms with van der Waals surface area (Å²) < 4.78 is 2.44. The smallest absolute Gasteiger partial charge is 0.333 e. The van der Waals surface area contributed by atoms with Crippen molar-refractivity contribution in [2.45, 2.75) is 129 Å². The summed E-state index contributed by atoms with van der Waals surface area (Å²) in [6.07, 6.45) is 12.7. The molecule has 5 amide bonds. The molecule has 1 unspecified atom stereocenters. The largest absolute Gasteiger partial charge is 0.508 e. The Kier molecular flexibility index (Phi) is 18.3. The molecule has 3 aromatic rings. The Morgan fingerprint density at radius 2 is 1.51 bits per heavy atom. The molecule has 1 fully saturated rings. The Hall–Kier alpha value is -7.34. The number of nitrogens with zero attached hydrogens (tertiary/aromatic N) is 4. The first-order valence-corrected chi connectivity index (χ1v) is 24.9. The van der Waals surface area contributed by atoms with E-state index in [1.165, 1.54) is 46.4 Å². The highest BCUT2D eigenvalue weighted by Gasteiger charge is 2.44. The van der Waals surface area contributed by atoms with Gasteiger partial charge < -0.3 is 30.8 Å². The van der Waals surface area contributed by atoms with Crippen LogP contribution in [0.2, 0.25) is 0 Å². The van der Waals surface area contributed by atoms with Crippen LogP contribution < -0.4 is 20.9 Å². The summed E-state index contributed by atoms with van der Waals surface area (Å²) in [4.78, 5) is 82.8. The van der Waals surface area contributed by atoms with Crippen molar-refractivity contribution in [3.63, 3.8) is 0 Å². The number of para-hydroxylation sites is 2. The van der Waals surface area contributed by atoms with Crippen LogP contribution in [0.15, 0.2) is 102 Å². The first kappa shape index (κ1) is 53.0. The van der Waals surface area contributed by atoms with Gasteiger partial charge in [-0.3, -0.25) is 24.0 Å². The van der Waals surface area contributed by atoms with Crippen LogP contribution in [0.25, 0.3) is 6.08 Å². The van der Waals surface area contributed by atoms with Crippen molar-refractivity contribution >= 4 is 58.7 Å². The maximum atomic E-state index is 13.5. The summed E-state index contributed by atoms with van der Waals surface area (Å²) in [7, 11) is 0. The fraction of sp³-hybridized carbons (Fsp3) is 0.429. The molecule has 0 saturated carbocycles. The van der Waals surface area contributed by atoms with E-state index in [1.54, 1.807) is 12.1 Å². The van der Waals surface area contributed by atoms with Gasteiger partial charge in [-0.1, -0.05) is 81.8 Å². The minimum absolute atomic E-state index is 0.0116. The third kappa shape index (κ3) is 13.3. The number of nitriles is 1. The lowest BCUT2D eigenvalue weighted by atomic mass is 9.81. The quantitative estimate of drug-likeness (QED) is 0.0225. The van der Waals surface area contributed by atoms with Crippen LogP contribution in [0.1, 0.15) is 128 Å². The lowest BCUT2D eigenvalue weighted by molar-refractivity contribution is -0.437. The molecule has 6 rings (SSSR count). The summed E-state index contributed by atoms with van der Waals surface area (Å²) in [5, 5.41) is 28.5. The van der Waals surface area contributed by atoms with E-state index in [-0.39, 0.29) is 60.3 Å². The second kappa shape index (κ2) is 24.5. The fourth-order valence-corrected chi connectivity index (χ4v) is 9.51. The fourth-order valence-electron chi connectivity index (χ4n) is 9.51. The van der Waals surface area contributed by atoms with E-state index in [0.717, 1.165) is 18.7 Å². The summed E-state index contributed by atoms with van der Waals surface area (Å²) in [6.45, 7) is 13.5. The van der Waals surface area contributed by atoms with Gasteiger partial charge in [0.25, 0.3) is 17.7 Å². The molecule has 1 atom stereocenters. The van der Waals surface area contributed by atoms with Gasteiger partial charge in [-0.15, -0.1) is 5.06 Å². The van der Waals surface area contributed by atoms with Gasteiger partial charge in [0.1, 0.15) is 30.0 Å². The molecule has 4 N–H and O–H groups in total. The van der Waals surface area contributed by atoms with E-state index in [9.17, 15) is 39.1 Å². The van der Waals surface area contributed by atoms with E-state index in [4.69, 9.17) is 4.84 Å². The second-order valence-corrected chi connectivity index (χ2v) is 19.3. The van der Waals surface area contributed by atoms with Gasteiger partial charge in [-0.25, -0.2) is 4.79 Å². The van der Waals surface area contributed by atoms with Crippen LogP contribution in [0.3, 0.4) is 0 Å². The summed E-state index contributed by atoms with van der Waals surface area (Å²) >= 11 is 0. The average Bonchev–Trinajstić information content (AvgIpc) is 3.86. The predicted molar refractivity (Wildman–Crippen MR) is 272 cm³/mol. The number of fused-ring (bicyclic) bond motifs is 2. The van der Waals surface area contributed by atoms with Crippen molar-refractivity contribution in [1.29, 1.82) is 5.26 Å². The first-order chi connectivity index (χ1) is 34.1. The SMILES string of the molecule is CCC[N+]1=C(/C=C/C=C2/N(CCCC(=O)NCCCCC(NC(=O)/C(C#N)=C/c3ccc(O)cc3)C(=O)NCCCCCC(=O)ON3C(=O)CCC3=O)c3ccccc3C2(C)C)C(C)(C)c2ccccc21. The topological polar surface area (TPSA) is 201 Å². The molecule has 1 saturated heterocycles. The molecule has 3 aliphatic rings. The van der Waals surface area contributed by atoms with Gasteiger partial charge in [0, 0.05) is 86.2 Å². The number of rotatable bonds is 24. The van der Waals surface area contributed by atoms with Gasteiger partial charge in [0.2, 0.25) is 17.5 Å². The first-order valence-electron chi connectivity index (χ1n) is 24.9. The van der Waals surface area contributed by atoms with Gasteiger partial charge in [0.15, 0.2) is 5.71 Å². The number of unbranched alkanes of at least 4 members (excludes halogenated alkanes) is 3. The van der Waals surface area contributed by atoms with Crippen LogP contribution in [0, 0.1) is 11.3 Å². The van der Waals surface area contributed by atoms with E-state index >= 15 is 0 Å². The van der Waals surface area contributed by atoms with E-state index in [2.05, 4.69) is 127 Å². The molecule has 3 heterocycles. The molecule has 0 spiro atoms. The van der Waals surface area contributed by atoms with Crippen molar-refractivity contribution in [1.82, 2.24) is 21.0 Å². The van der Waals surface area contributed by atoms with Crippen molar-refractivity contribution in [2.75, 3.05) is 31.1 Å². The minimum atomic E-state index is -0.986. The van der Waals surface area contributed by atoms with Crippen LogP contribution >= 0.6 is 0 Å². The molecule has 3 aromatic carbocycles. The molecule has 15 heteroatoms. The zero-order valence-electron chi connectivity index (χ0n) is 41.7. The summed E-state index contributed by atoms with van der Waals surface area (Å²) in [5.41, 5.74) is 7.32. The number of imide groups is 1. The number of hydrogen-bond acceptors (Lipinski definition) is 10. The number of nitrogens with one attached hydrogen (secondary N) is 3. The van der Waals surface area contributed by atoms with Gasteiger partial charge in [-0.2, -0.15) is 9.84 Å². The zero-order chi connectivity index (χ0) is 51.1. The number of carbonyl (C=O) groups is 6. The Bertz CT molecular complexity index is 2620. The lowest BCUT2D eigenvalue weighted by Crippen LogP contribution is -2.47. The van der Waals surface area contributed by atoms with Crippen molar-refractivity contribution in [3.8, 4) is 11.8 Å². The average molecular weight is 967 g/mol. The standard InChI is InChI=1S/C56H67N7O8/c1-6-35-61-45-21-11-9-18-42(45)55(2,3)47(61)23-16-24-48-56(4,5)43-19-10-12-22-46(43)62(48)36-17-25-49(65)58-33-15-13-20-44(60-53(69)40(38-57)37-39-27-29-41(64)30-28-39)54(70)59-34-14-7-8-26-52(68)71-63-50(66)31-32-51(63)67/h9-12,16,18-19,21-24,27-30,37,44H,6-8,13-15,17,20,25-26,31-36H2,1-5H3,(H3-,58,59,60,64,65,69,70)/p+1. The molecule has 374 valence electrons. The Morgan fingerprint density at radius 1 is 0.831 bits per heavy atom. The van der Waals surface area contributed by atoms with Crippen molar-refractivity contribution < 1.29 is 43.3 Å². The second-order valence-electron chi connectivity index (χ2n) is 19.3. The molecular weight excluding hydrogens is 899 g/mol. The number of benzene rings is 3.